The molecule has 2 nitrogen and oxygen atoms in total. The number of allylic oxidation sites excluding steroid dienone is 3. The van der Waals surface area contributed by atoms with Gasteiger partial charge in [-0.2, -0.15) is 0 Å². The lowest BCUT2D eigenvalue weighted by Gasteiger charge is -1.90. The molecule has 2 rings (SSSR count). The quantitative estimate of drug-likeness (QED) is 0.646. The summed E-state index contributed by atoms with van der Waals surface area (Å²) in [5.74, 6) is 0. The van der Waals surface area contributed by atoms with E-state index in [1.807, 2.05) is 55.2 Å². The minimum atomic E-state index is 1.06. The highest BCUT2D eigenvalue weighted by atomic mass is 15.0. The van der Waals surface area contributed by atoms with E-state index in [1.54, 1.807) is 6.08 Å². The first-order valence-corrected chi connectivity index (χ1v) is 4.89. The van der Waals surface area contributed by atoms with Crippen LogP contribution in [-0.4, -0.2) is 9.55 Å². The van der Waals surface area contributed by atoms with Crippen LogP contribution in [0.2, 0.25) is 0 Å². The van der Waals surface area contributed by atoms with Gasteiger partial charge in [-0.15, -0.1) is 0 Å². The fourth-order valence-electron chi connectivity index (χ4n) is 1.22. The predicted octanol–water partition coefficient (Wildman–Crippen LogP) is 3.32. The van der Waals surface area contributed by atoms with E-state index in [4.69, 9.17) is 0 Å². The number of hydrogen-bond donors (Lipinski definition) is 0. The van der Waals surface area contributed by atoms with Crippen LogP contribution in [0, 0.1) is 0 Å². The van der Waals surface area contributed by atoms with Gasteiger partial charge in [-0.25, -0.2) is 4.98 Å². The largest absolute Gasteiger partial charge is 0.334 e. The van der Waals surface area contributed by atoms with E-state index >= 15 is 0 Å². The molecule has 0 N–H and O–H groups in total. The zero-order valence-corrected chi connectivity index (χ0v) is 9.22. The van der Waals surface area contributed by atoms with E-state index in [0.29, 0.717) is 0 Å². The number of hydrogen-bond acceptors (Lipinski definition) is 1. The maximum atomic E-state index is 4.18. The Bertz CT molecular complexity index is 452. The van der Waals surface area contributed by atoms with E-state index in [9.17, 15) is 0 Å². The summed E-state index contributed by atoms with van der Waals surface area (Å²) in [6.45, 7) is 5.42. The number of aromatic nitrogens is 2. The van der Waals surface area contributed by atoms with Gasteiger partial charge < -0.3 is 4.57 Å². The predicted molar refractivity (Wildman–Crippen MR) is 65.7 cm³/mol. The number of aryl methyl sites for hydroxylation is 1. The third kappa shape index (κ3) is 3.09. The topological polar surface area (TPSA) is 17.8 Å². The molecule has 0 atom stereocenters. The molecule has 0 saturated carbocycles. The monoisotopic (exact) mass is 200 g/mol. The van der Waals surface area contributed by atoms with Crippen molar-refractivity contribution in [1.29, 1.82) is 0 Å². The van der Waals surface area contributed by atoms with Crippen molar-refractivity contribution in [1.82, 2.24) is 9.55 Å². The Morgan fingerprint density at radius 3 is 2.60 bits per heavy atom. The molecular formula is C13H16N2. The van der Waals surface area contributed by atoms with Crippen molar-refractivity contribution in [3.8, 4) is 0 Å². The number of imidazole rings is 1. The Labute approximate surface area is 90.6 Å². The molecule has 0 aliphatic carbocycles. The highest BCUT2D eigenvalue weighted by molar-refractivity contribution is 5.74. The van der Waals surface area contributed by atoms with Crippen LogP contribution in [0.1, 0.15) is 6.92 Å². The molecule has 0 bridgehead atoms. The molecule has 0 unspecified atom stereocenters. The van der Waals surface area contributed by atoms with Crippen molar-refractivity contribution < 1.29 is 0 Å². The van der Waals surface area contributed by atoms with Gasteiger partial charge in [0.25, 0.3) is 0 Å². The molecule has 0 amide bonds. The van der Waals surface area contributed by atoms with E-state index in [2.05, 4.69) is 17.6 Å². The highest BCUT2D eigenvalue weighted by Gasteiger charge is 1.93. The summed E-state index contributed by atoms with van der Waals surface area (Å²) in [7, 11) is 2.00. The molecule has 78 valence electrons. The first kappa shape index (κ1) is 11.2. The van der Waals surface area contributed by atoms with Crippen LogP contribution in [0.25, 0.3) is 11.0 Å². The Hall–Kier alpha value is -1.83. The van der Waals surface area contributed by atoms with E-state index in [1.165, 1.54) is 5.52 Å². The summed E-state index contributed by atoms with van der Waals surface area (Å²) in [6, 6.07) is 8.08. The molecule has 1 heterocycles. The van der Waals surface area contributed by atoms with Gasteiger partial charge in [0.15, 0.2) is 0 Å². The standard InChI is InChI=1S/C8H8N2.C5H8/c1-10-6-9-7-4-2-3-5-8(7)10;1-3-5-4-2/h2-6H,1H3;3-5H,1H2,2H3/b;5-4-. The first-order valence-electron chi connectivity index (χ1n) is 4.89. The van der Waals surface area contributed by atoms with Crippen molar-refractivity contribution >= 4 is 11.0 Å². The highest BCUT2D eigenvalue weighted by Crippen LogP contribution is 2.08. The number of nitrogens with zero attached hydrogens (tertiary/aromatic N) is 2. The smallest absolute Gasteiger partial charge is 0.0955 e. The lowest BCUT2D eigenvalue weighted by Crippen LogP contribution is -1.81. The fraction of sp³-hybridized carbons (Fsp3) is 0.154. The molecule has 0 aliphatic heterocycles. The number of benzene rings is 1. The van der Waals surface area contributed by atoms with E-state index in [-0.39, 0.29) is 0 Å². The third-order valence-electron chi connectivity index (χ3n) is 1.96. The average Bonchev–Trinajstić information content (AvgIpc) is 2.64. The van der Waals surface area contributed by atoms with Crippen LogP contribution in [0.15, 0.2) is 55.4 Å². The summed E-state index contributed by atoms with van der Waals surface area (Å²) in [4.78, 5) is 4.18. The molecule has 0 aliphatic rings. The molecule has 0 radical (unpaired) electrons. The van der Waals surface area contributed by atoms with Gasteiger partial charge in [-0.1, -0.05) is 36.9 Å². The molecule has 15 heavy (non-hydrogen) atoms. The van der Waals surface area contributed by atoms with E-state index < -0.39 is 0 Å². The Morgan fingerprint density at radius 2 is 2.07 bits per heavy atom. The van der Waals surface area contributed by atoms with Gasteiger partial charge >= 0.3 is 0 Å². The van der Waals surface area contributed by atoms with Gasteiger partial charge in [0.1, 0.15) is 0 Å². The van der Waals surface area contributed by atoms with Crippen molar-refractivity contribution in [2.24, 2.45) is 7.05 Å². The maximum Gasteiger partial charge on any atom is 0.0955 e. The summed E-state index contributed by atoms with van der Waals surface area (Å²) in [5, 5.41) is 0. The number of fused-ring (bicyclic) bond motifs is 1. The lowest BCUT2D eigenvalue weighted by molar-refractivity contribution is 0.948. The van der Waals surface area contributed by atoms with Crippen LogP contribution >= 0.6 is 0 Å². The van der Waals surface area contributed by atoms with Gasteiger partial charge in [-0.05, 0) is 19.1 Å². The normalized spacial score (nSPS) is 10.0. The second kappa shape index (κ2) is 5.81. The zero-order chi connectivity index (χ0) is 11.1. The van der Waals surface area contributed by atoms with Crippen LogP contribution in [0.3, 0.4) is 0 Å². The second-order valence-corrected chi connectivity index (χ2v) is 3.11. The van der Waals surface area contributed by atoms with Crippen molar-refractivity contribution in [2.75, 3.05) is 0 Å². The van der Waals surface area contributed by atoms with Crippen LogP contribution in [0.4, 0.5) is 0 Å². The Balaban J connectivity index is 0.000000195. The van der Waals surface area contributed by atoms with Crippen molar-refractivity contribution in [3.63, 3.8) is 0 Å². The minimum Gasteiger partial charge on any atom is -0.334 e. The summed E-state index contributed by atoms with van der Waals surface area (Å²) < 4.78 is 2.01. The van der Waals surface area contributed by atoms with E-state index in [0.717, 1.165) is 5.52 Å². The third-order valence-corrected chi connectivity index (χ3v) is 1.96. The van der Waals surface area contributed by atoms with Gasteiger partial charge in [0, 0.05) is 7.05 Å². The molecule has 2 aromatic rings. The summed E-state index contributed by atoms with van der Waals surface area (Å²) in [6.07, 6.45) is 7.40. The van der Waals surface area contributed by atoms with Crippen LogP contribution in [-0.2, 0) is 7.05 Å². The molecule has 1 aromatic carbocycles. The molecule has 0 saturated heterocycles. The maximum absolute atomic E-state index is 4.18. The molecular weight excluding hydrogens is 184 g/mol. The average molecular weight is 200 g/mol. The molecule has 1 aromatic heterocycles. The fourth-order valence-corrected chi connectivity index (χ4v) is 1.22. The van der Waals surface area contributed by atoms with Crippen molar-refractivity contribution in [3.05, 3.63) is 55.4 Å². The Morgan fingerprint density at radius 1 is 1.33 bits per heavy atom. The first-order chi connectivity index (χ1) is 7.29. The second-order valence-electron chi connectivity index (χ2n) is 3.11. The summed E-state index contributed by atoms with van der Waals surface area (Å²) in [5.41, 5.74) is 2.24. The van der Waals surface area contributed by atoms with Crippen molar-refractivity contribution in [2.45, 2.75) is 6.92 Å². The van der Waals surface area contributed by atoms with Crippen LogP contribution < -0.4 is 0 Å². The zero-order valence-electron chi connectivity index (χ0n) is 9.22. The van der Waals surface area contributed by atoms with Gasteiger partial charge in [0.05, 0.1) is 17.4 Å². The van der Waals surface area contributed by atoms with Gasteiger partial charge in [-0.3, -0.25) is 0 Å². The summed E-state index contributed by atoms with van der Waals surface area (Å²) >= 11 is 0. The molecule has 0 spiro atoms. The Kier molecular flexibility index (Phi) is 4.35. The number of para-hydroxylation sites is 2. The van der Waals surface area contributed by atoms with Gasteiger partial charge in [0.2, 0.25) is 0 Å². The lowest BCUT2D eigenvalue weighted by atomic mass is 10.3. The molecule has 0 fully saturated rings. The number of rotatable bonds is 1. The molecule has 2 heteroatoms. The minimum absolute atomic E-state index is 1.06. The van der Waals surface area contributed by atoms with Crippen LogP contribution in [0.5, 0.6) is 0 Å². The SMILES string of the molecule is C=C/C=C\C.Cn1cnc2ccccc21.